The van der Waals surface area contributed by atoms with E-state index in [2.05, 4.69) is 26.1 Å². The van der Waals surface area contributed by atoms with Gasteiger partial charge in [-0.3, -0.25) is 14.9 Å². The second-order valence-corrected chi connectivity index (χ2v) is 12.2. The van der Waals surface area contributed by atoms with Crippen LogP contribution in [-0.2, 0) is 9.59 Å². The first kappa shape index (κ1) is 25.1. The molecule has 33 heavy (non-hydrogen) atoms. The Hall–Kier alpha value is -1.02. The largest absolute Gasteiger partial charge is 0.480 e. The lowest BCUT2D eigenvalue weighted by Crippen LogP contribution is -2.77. The highest BCUT2D eigenvalue weighted by Gasteiger charge is 2.72. The molecule has 0 aromatic rings. The van der Waals surface area contributed by atoms with Crippen LogP contribution in [-0.4, -0.2) is 50.2 Å². The number of hydrogen-bond acceptors (Lipinski definition) is 6. The molecule has 4 saturated carbocycles. The number of aliphatic carboxylic acids is 1. The molecule has 4 rings (SSSR count). The van der Waals surface area contributed by atoms with Crippen molar-refractivity contribution in [2.75, 3.05) is 6.54 Å². The fourth-order valence-corrected chi connectivity index (χ4v) is 9.39. The summed E-state index contributed by atoms with van der Waals surface area (Å²) in [6, 6.07) is 0. The maximum Gasteiger partial charge on any atom is 0.317 e. The Balaban J connectivity index is 1.70. The summed E-state index contributed by atoms with van der Waals surface area (Å²) in [7, 11) is 0. The molecule has 0 aliphatic heterocycles. The van der Waals surface area contributed by atoms with Crippen molar-refractivity contribution in [2.45, 2.75) is 97.0 Å². The predicted molar refractivity (Wildman–Crippen MR) is 123 cm³/mol. The smallest absolute Gasteiger partial charge is 0.317 e. The van der Waals surface area contributed by atoms with E-state index in [-0.39, 0.29) is 23.7 Å². The summed E-state index contributed by atoms with van der Waals surface area (Å²) >= 11 is 0. The number of fused-ring (bicyclic) bond motifs is 5. The number of aliphatic hydroxyl groups is 3. The zero-order valence-corrected chi connectivity index (χ0v) is 20.6. The van der Waals surface area contributed by atoms with Gasteiger partial charge in [-0.15, -0.1) is 0 Å². The second-order valence-electron chi connectivity index (χ2n) is 12.2. The molecule has 5 N–H and O–H groups in total. The predicted octanol–water partition coefficient (Wildman–Crippen LogP) is 2.91. The van der Waals surface area contributed by atoms with E-state index in [1.54, 1.807) is 0 Å². The molecule has 4 aliphatic rings. The number of carboxylic acid groups (broad SMARTS) is 1. The summed E-state index contributed by atoms with van der Waals surface area (Å²) in [5, 5.41) is 44.6. The monoisotopic (exact) mass is 465 g/mol. The summed E-state index contributed by atoms with van der Waals surface area (Å²) in [5.74, 6) is -2.97. The van der Waals surface area contributed by atoms with Gasteiger partial charge in [-0.25, -0.2) is 0 Å². The maximum absolute atomic E-state index is 13.2. The molecule has 2 unspecified atom stereocenters. The summed E-state index contributed by atoms with van der Waals surface area (Å²) in [5.41, 5.74) is -2.99. The van der Waals surface area contributed by atoms with E-state index in [9.17, 15) is 30.0 Å². The van der Waals surface area contributed by atoms with Crippen molar-refractivity contribution in [1.29, 1.82) is 0 Å². The van der Waals surface area contributed by atoms with Gasteiger partial charge in [0.05, 0.1) is 6.54 Å². The Morgan fingerprint density at radius 1 is 1.09 bits per heavy atom. The number of carbonyl (C=O) groups is 2. The van der Waals surface area contributed by atoms with Crippen LogP contribution in [0.2, 0.25) is 0 Å². The molecule has 0 aromatic carbocycles. The molecule has 7 nitrogen and oxygen atoms in total. The van der Waals surface area contributed by atoms with Crippen LogP contribution in [0.15, 0.2) is 0 Å². The zero-order valence-electron chi connectivity index (χ0n) is 20.6. The van der Waals surface area contributed by atoms with Crippen molar-refractivity contribution in [1.82, 2.24) is 5.32 Å². The lowest BCUT2D eigenvalue weighted by atomic mass is 9.42. The molecule has 0 bridgehead atoms. The molecule has 4 fully saturated rings. The number of carboxylic acids is 1. The number of nitrogens with one attached hydrogen (secondary N) is 1. The van der Waals surface area contributed by atoms with E-state index in [4.69, 9.17) is 0 Å². The summed E-state index contributed by atoms with van der Waals surface area (Å²) in [6.07, 6.45) is 8.27. The normalized spacial score (nSPS) is 47.4. The van der Waals surface area contributed by atoms with E-state index in [0.717, 1.165) is 25.7 Å². The molecule has 0 radical (unpaired) electrons. The molecule has 9 atom stereocenters. The van der Waals surface area contributed by atoms with Gasteiger partial charge in [0.15, 0.2) is 5.72 Å². The summed E-state index contributed by atoms with van der Waals surface area (Å²) < 4.78 is 0. The Labute approximate surface area is 197 Å². The molecule has 0 aromatic heterocycles. The third-order valence-electron chi connectivity index (χ3n) is 10.9. The lowest BCUT2D eigenvalue weighted by Gasteiger charge is -2.65. The van der Waals surface area contributed by atoms with Crippen molar-refractivity contribution in [3.8, 4) is 0 Å². The first-order valence-corrected chi connectivity index (χ1v) is 13.0. The minimum Gasteiger partial charge on any atom is -0.480 e. The van der Waals surface area contributed by atoms with Crippen LogP contribution in [0.3, 0.4) is 0 Å². The highest BCUT2D eigenvalue weighted by Crippen LogP contribution is 2.69. The number of carbonyl (C=O) groups excluding carboxylic acids is 1. The van der Waals surface area contributed by atoms with Crippen LogP contribution >= 0.6 is 0 Å². The molecule has 188 valence electrons. The van der Waals surface area contributed by atoms with Gasteiger partial charge in [0.25, 0.3) is 0 Å². The van der Waals surface area contributed by atoms with Crippen molar-refractivity contribution < 1.29 is 30.0 Å². The van der Waals surface area contributed by atoms with Crippen LogP contribution in [0, 0.1) is 46.3 Å². The minimum atomic E-state index is -2.66. The van der Waals surface area contributed by atoms with Gasteiger partial charge in [-0.1, -0.05) is 40.5 Å². The van der Waals surface area contributed by atoms with Gasteiger partial charge in [-0.2, -0.15) is 0 Å². The Morgan fingerprint density at radius 2 is 1.79 bits per heavy atom. The van der Waals surface area contributed by atoms with Gasteiger partial charge in [-0.05, 0) is 79.4 Å². The summed E-state index contributed by atoms with van der Waals surface area (Å²) in [4.78, 5) is 24.5. The standard InChI is InChI=1S/C26H43NO6/c1-5-6-15(2)18-9-10-19-17-8-7-16-13-25(31,32)22(30)26(33,27-14-21(28)29)24(16,4)20(17)11-12-23(18,19)3/h15-20,27,31-33H,5-14H2,1-4H3,(H,28,29)/t15-,16?,17+,18-,19+,20+,23-,24+,26?/m1/s1. The molecular weight excluding hydrogens is 422 g/mol. The topological polar surface area (TPSA) is 127 Å². The molecule has 7 heteroatoms. The second kappa shape index (κ2) is 8.28. The Kier molecular flexibility index (Phi) is 6.30. The number of hydrogen-bond donors (Lipinski definition) is 5. The molecule has 0 amide bonds. The van der Waals surface area contributed by atoms with Crippen molar-refractivity contribution in [2.24, 2.45) is 46.3 Å². The van der Waals surface area contributed by atoms with Crippen LogP contribution in [0.25, 0.3) is 0 Å². The average molecular weight is 466 g/mol. The van der Waals surface area contributed by atoms with Crippen LogP contribution < -0.4 is 5.32 Å². The molecule has 0 heterocycles. The highest BCUT2D eigenvalue weighted by molar-refractivity contribution is 5.95. The van der Waals surface area contributed by atoms with Gasteiger partial charge >= 0.3 is 5.97 Å². The van der Waals surface area contributed by atoms with Crippen LogP contribution in [0.4, 0.5) is 0 Å². The quantitative estimate of drug-likeness (QED) is 0.382. The van der Waals surface area contributed by atoms with Gasteiger partial charge in [0.1, 0.15) is 0 Å². The molecular formula is C26H43NO6. The summed E-state index contributed by atoms with van der Waals surface area (Å²) in [6.45, 7) is 8.38. The van der Waals surface area contributed by atoms with Crippen molar-refractivity contribution in [3.05, 3.63) is 0 Å². The van der Waals surface area contributed by atoms with E-state index in [1.807, 2.05) is 6.92 Å². The fourth-order valence-electron chi connectivity index (χ4n) is 9.39. The first-order valence-electron chi connectivity index (χ1n) is 13.0. The third kappa shape index (κ3) is 3.52. The SMILES string of the molecule is CCC[C@@H](C)[C@H]1CC[C@H]2[C@@H]3CCC4CC(O)(O)C(=O)C(O)(NCC(=O)O)[C@]4(C)[C@H]3CC[C@]12C. The van der Waals surface area contributed by atoms with Gasteiger partial charge in [0.2, 0.25) is 11.6 Å². The fraction of sp³-hybridized carbons (Fsp3) is 0.923. The Morgan fingerprint density at radius 3 is 2.42 bits per heavy atom. The molecule has 4 aliphatic carbocycles. The Bertz CT molecular complexity index is 800. The lowest BCUT2D eigenvalue weighted by molar-refractivity contribution is -0.278. The maximum atomic E-state index is 13.2. The number of Topliss-reactive ketones (excluding diaryl/α,β-unsaturated/α-hetero) is 1. The van der Waals surface area contributed by atoms with E-state index in [0.29, 0.717) is 30.1 Å². The number of rotatable bonds is 6. The molecule has 0 spiro atoms. The highest BCUT2D eigenvalue weighted by atomic mass is 16.5. The minimum absolute atomic E-state index is 0.0286. The number of ketones is 1. The van der Waals surface area contributed by atoms with Crippen LogP contribution in [0.1, 0.15) is 85.5 Å². The van der Waals surface area contributed by atoms with Crippen molar-refractivity contribution >= 4 is 11.8 Å². The van der Waals surface area contributed by atoms with E-state index >= 15 is 0 Å². The van der Waals surface area contributed by atoms with E-state index in [1.165, 1.54) is 19.3 Å². The van der Waals surface area contributed by atoms with Gasteiger partial charge < -0.3 is 20.4 Å². The zero-order chi connectivity index (χ0) is 24.4. The average Bonchev–Trinajstić information content (AvgIpc) is 3.10. The van der Waals surface area contributed by atoms with Gasteiger partial charge in [0, 0.05) is 11.8 Å². The van der Waals surface area contributed by atoms with E-state index < -0.39 is 35.2 Å². The molecule has 0 saturated heterocycles. The van der Waals surface area contributed by atoms with Crippen molar-refractivity contribution in [3.63, 3.8) is 0 Å². The first-order chi connectivity index (χ1) is 15.3. The third-order valence-corrected chi connectivity index (χ3v) is 10.9. The van der Waals surface area contributed by atoms with Crippen LogP contribution in [0.5, 0.6) is 0 Å².